The van der Waals surface area contributed by atoms with Gasteiger partial charge in [-0.3, -0.25) is 9.79 Å². The predicted octanol–water partition coefficient (Wildman–Crippen LogP) is 3.52. The number of ether oxygens (including phenoxy) is 1. The number of rotatable bonds is 5. The number of fused-ring (bicyclic) bond motifs is 1. The number of halogens is 1. The van der Waals surface area contributed by atoms with E-state index in [2.05, 4.69) is 20.2 Å². The largest absolute Gasteiger partial charge is 0.496 e. The van der Waals surface area contributed by atoms with Gasteiger partial charge in [0, 0.05) is 57.9 Å². The topological polar surface area (TPSA) is 97.2 Å². The smallest absolute Gasteiger partial charge is 0.261 e. The molecule has 0 aliphatic carbocycles. The van der Waals surface area contributed by atoms with Crippen LogP contribution in [0.25, 0.3) is 5.65 Å². The maximum absolute atomic E-state index is 14.4. The van der Waals surface area contributed by atoms with Crippen LogP contribution < -0.4 is 20.7 Å². The van der Waals surface area contributed by atoms with Gasteiger partial charge in [0.1, 0.15) is 11.3 Å². The molecule has 0 spiro atoms. The highest BCUT2D eigenvalue weighted by atomic mass is 19.1. The lowest BCUT2D eigenvalue weighted by molar-refractivity contribution is 0.102. The number of carbonyl (C=O) groups is 1. The molecular weight excluding hydrogens is 399 g/mol. The van der Waals surface area contributed by atoms with E-state index in [0.717, 1.165) is 31.6 Å². The summed E-state index contributed by atoms with van der Waals surface area (Å²) in [5.41, 5.74) is 9.60. The first-order valence-electron chi connectivity index (χ1n) is 10.1. The van der Waals surface area contributed by atoms with Crippen molar-refractivity contribution in [3.8, 4) is 5.75 Å². The van der Waals surface area contributed by atoms with Crippen LogP contribution in [0.4, 0.5) is 21.5 Å². The Bertz CT molecular complexity index is 1190. The number of pyridine rings is 1. The number of hydrogen-bond acceptors (Lipinski definition) is 6. The number of nitrogen functional groups attached to an aromatic ring is 1. The van der Waals surface area contributed by atoms with Gasteiger partial charge < -0.3 is 25.1 Å². The van der Waals surface area contributed by atoms with E-state index in [4.69, 9.17) is 10.5 Å². The number of nitrogens with zero attached hydrogens (tertiary/aromatic N) is 4. The molecule has 1 amide bonds. The number of aromatic nitrogens is 2. The fraction of sp³-hybridized carbons (Fsp3) is 0.318. The lowest BCUT2D eigenvalue weighted by atomic mass is 10.0. The third kappa shape index (κ3) is 3.78. The van der Waals surface area contributed by atoms with Crippen molar-refractivity contribution in [3.05, 3.63) is 47.2 Å². The highest BCUT2D eigenvalue weighted by Gasteiger charge is 2.25. The van der Waals surface area contributed by atoms with E-state index < -0.39 is 11.7 Å². The zero-order valence-electron chi connectivity index (χ0n) is 17.8. The Morgan fingerprint density at radius 3 is 2.77 bits per heavy atom. The molecule has 1 aliphatic rings. The third-order valence-electron chi connectivity index (χ3n) is 5.39. The van der Waals surface area contributed by atoms with Gasteiger partial charge in [-0.25, -0.2) is 9.37 Å². The standard InChI is InChI=1S/C22H25FN6O2.H2/c1-13-11-29-12-14(8-16(23)21(29)26-13)27-22(30)19-18(31-3)9-17(28-6-4-5-7-28)15(10-25-2)20(19)24;/h8-12H,4-7,24H2,1-3H3,(H,27,30);1H. The van der Waals surface area contributed by atoms with E-state index in [9.17, 15) is 9.18 Å². The summed E-state index contributed by atoms with van der Waals surface area (Å²) in [4.78, 5) is 23.6. The minimum absolute atomic E-state index is 0. The number of amides is 1. The molecule has 1 aromatic carbocycles. The molecule has 0 unspecified atom stereocenters. The Hall–Kier alpha value is -3.62. The van der Waals surface area contributed by atoms with Gasteiger partial charge in [0.05, 0.1) is 29.9 Å². The molecule has 4 rings (SSSR count). The van der Waals surface area contributed by atoms with Gasteiger partial charge in [-0.1, -0.05) is 0 Å². The molecular formula is C22H27FN6O2. The van der Waals surface area contributed by atoms with Crippen LogP contribution in [-0.2, 0) is 0 Å². The zero-order valence-corrected chi connectivity index (χ0v) is 17.8. The monoisotopic (exact) mass is 426 g/mol. The summed E-state index contributed by atoms with van der Waals surface area (Å²) >= 11 is 0. The summed E-state index contributed by atoms with van der Waals surface area (Å²) in [5.74, 6) is -0.678. The van der Waals surface area contributed by atoms with Gasteiger partial charge in [0.15, 0.2) is 11.5 Å². The first-order valence-corrected chi connectivity index (χ1v) is 10.1. The maximum atomic E-state index is 14.4. The van der Waals surface area contributed by atoms with Crippen LogP contribution in [0.5, 0.6) is 5.75 Å². The van der Waals surface area contributed by atoms with Gasteiger partial charge in [0.25, 0.3) is 5.91 Å². The van der Waals surface area contributed by atoms with E-state index in [1.54, 1.807) is 32.6 Å². The fourth-order valence-electron chi connectivity index (χ4n) is 4.00. The van der Waals surface area contributed by atoms with Gasteiger partial charge in [0.2, 0.25) is 0 Å². The number of carbonyl (C=O) groups excluding carboxylic acids is 1. The van der Waals surface area contributed by atoms with Gasteiger partial charge >= 0.3 is 0 Å². The van der Waals surface area contributed by atoms with Crippen LogP contribution in [0, 0.1) is 12.7 Å². The molecule has 164 valence electrons. The summed E-state index contributed by atoms with van der Waals surface area (Å²) in [5, 5.41) is 2.73. The normalized spacial score (nSPS) is 14.0. The Balaban J connectivity index is 0.00000289. The van der Waals surface area contributed by atoms with Crippen LogP contribution >= 0.6 is 0 Å². The third-order valence-corrected chi connectivity index (χ3v) is 5.39. The molecule has 0 bridgehead atoms. The SMILES string of the molecule is CN=Cc1c(N2CCCC2)cc(OC)c(C(=O)Nc2cc(F)c3nc(C)cn3c2)c1N.[HH]. The van der Waals surface area contributed by atoms with Crippen molar-refractivity contribution in [1.29, 1.82) is 0 Å². The van der Waals surface area contributed by atoms with Crippen molar-refractivity contribution in [2.45, 2.75) is 19.8 Å². The van der Waals surface area contributed by atoms with Crippen molar-refractivity contribution in [3.63, 3.8) is 0 Å². The van der Waals surface area contributed by atoms with Crippen molar-refractivity contribution in [2.24, 2.45) is 4.99 Å². The molecule has 3 heterocycles. The molecule has 8 nitrogen and oxygen atoms in total. The zero-order chi connectivity index (χ0) is 22.1. The summed E-state index contributed by atoms with van der Waals surface area (Å²) < 4.78 is 21.5. The lowest BCUT2D eigenvalue weighted by Gasteiger charge is -2.24. The number of anilines is 3. The van der Waals surface area contributed by atoms with Gasteiger partial charge in [-0.2, -0.15) is 0 Å². The summed E-state index contributed by atoms with van der Waals surface area (Å²) in [6, 6.07) is 3.05. The number of methoxy groups -OCH3 is 1. The number of nitrogens with two attached hydrogens (primary N) is 1. The average molecular weight is 426 g/mol. The van der Waals surface area contributed by atoms with Crippen LogP contribution in [0.3, 0.4) is 0 Å². The fourth-order valence-corrected chi connectivity index (χ4v) is 4.00. The molecule has 3 aromatic rings. The van der Waals surface area contributed by atoms with Crippen molar-refractivity contribution < 1.29 is 15.3 Å². The number of benzene rings is 1. The maximum Gasteiger partial charge on any atom is 0.261 e. The van der Waals surface area contributed by atoms with Crippen LogP contribution in [0.15, 0.2) is 29.5 Å². The molecule has 0 saturated carbocycles. The second kappa shape index (κ2) is 8.25. The van der Waals surface area contributed by atoms with Crippen molar-refractivity contribution in [2.75, 3.05) is 43.2 Å². The minimum Gasteiger partial charge on any atom is -0.496 e. The molecule has 0 atom stereocenters. The summed E-state index contributed by atoms with van der Waals surface area (Å²) in [6.45, 7) is 3.58. The van der Waals surface area contributed by atoms with Crippen molar-refractivity contribution in [1.82, 2.24) is 9.38 Å². The Morgan fingerprint density at radius 1 is 1.35 bits per heavy atom. The molecule has 2 aromatic heterocycles. The number of imidazole rings is 1. The average Bonchev–Trinajstić information content (AvgIpc) is 3.38. The summed E-state index contributed by atoms with van der Waals surface area (Å²) in [6.07, 6.45) is 7.12. The Kier molecular flexibility index (Phi) is 5.50. The first kappa shape index (κ1) is 20.6. The van der Waals surface area contributed by atoms with E-state index in [1.807, 2.05) is 6.07 Å². The quantitative estimate of drug-likeness (QED) is 0.481. The second-order valence-electron chi connectivity index (χ2n) is 7.53. The molecule has 3 N–H and O–H groups in total. The predicted molar refractivity (Wildman–Crippen MR) is 122 cm³/mol. The molecule has 31 heavy (non-hydrogen) atoms. The van der Waals surface area contributed by atoms with Gasteiger partial charge in [-0.15, -0.1) is 0 Å². The first-order chi connectivity index (χ1) is 14.9. The molecule has 1 fully saturated rings. The van der Waals surface area contributed by atoms with Crippen LogP contribution in [0.1, 0.15) is 35.9 Å². The van der Waals surface area contributed by atoms with E-state index in [-0.39, 0.29) is 24.0 Å². The molecule has 1 aliphatic heterocycles. The number of aliphatic imine (C=N–C) groups is 1. The second-order valence-corrected chi connectivity index (χ2v) is 7.53. The van der Waals surface area contributed by atoms with E-state index in [0.29, 0.717) is 17.0 Å². The lowest BCUT2D eigenvalue weighted by Crippen LogP contribution is -2.23. The van der Waals surface area contributed by atoms with Crippen LogP contribution in [0.2, 0.25) is 0 Å². The highest BCUT2D eigenvalue weighted by Crippen LogP contribution is 2.37. The summed E-state index contributed by atoms with van der Waals surface area (Å²) in [7, 11) is 3.15. The van der Waals surface area contributed by atoms with E-state index in [1.165, 1.54) is 17.6 Å². The van der Waals surface area contributed by atoms with Gasteiger partial charge in [-0.05, 0) is 19.8 Å². The number of nitrogens with one attached hydrogen (secondary N) is 1. The number of hydrogen-bond donors (Lipinski definition) is 2. The Morgan fingerprint density at radius 2 is 2.10 bits per heavy atom. The minimum atomic E-state index is -0.533. The molecule has 0 radical (unpaired) electrons. The highest BCUT2D eigenvalue weighted by molar-refractivity contribution is 6.13. The van der Waals surface area contributed by atoms with Crippen molar-refractivity contribution >= 4 is 34.8 Å². The van der Waals surface area contributed by atoms with Crippen LogP contribution in [-0.4, -0.2) is 48.8 Å². The molecule has 9 heteroatoms. The molecule has 1 saturated heterocycles. The van der Waals surface area contributed by atoms with E-state index >= 15 is 0 Å². The number of aryl methyl sites for hydroxylation is 1. The Labute approximate surface area is 181 Å².